The topological polar surface area (TPSA) is 102 Å². The van der Waals surface area contributed by atoms with E-state index in [4.69, 9.17) is 4.74 Å². The number of anilines is 2. The van der Waals surface area contributed by atoms with Gasteiger partial charge in [-0.3, -0.25) is 9.52 Å². The number of benzene rings is 3. The highest BCUT2D eigenvalue weighted by molar-refractivity contribution is 7.92. The molecule has 0 unspecified atom stereocenters. The molecular formula is C25H26N2O5S. The fraction of sp³-hybridized carbons (Fsp3) is 0.200. The van der Waals surface area contributed by atoms with Crippen molar-refractivity contribution in [3.63, 3.8) is 0 Å². The molecule has 1 amide bonds. The molecule has 0 aliphatic rings. The number of carbonyl (C=O) groups excluding carboxylic acids is 2. The summed E-state index contributed by atoms with van der Waals surface area (Å²) in [5.41, 5.74) is 3.68. The lowest BCUT2D eigenvalue weighted by molar-refractivity contribution is 0.0526. The average molecular weight is 467 g/mol. The monoisotopic (exact) mass is 466 g/mol. The molecule has 0 saturated carbocycles. The molecule has 3 rings (SSSR count). The summed E-state index contributed by atoms with van der Waals surface area (Å²) in [5.74, 6) is -0.992. The van der Waals surface area contributed by atoms with Crippen molar-refractivity contribution in [2.24, 2.45) is 0 Å². The minimum Gasteiger partial charge on any atom is -0.462 e. The quantitative estimate of drug-likeness (QED) is 0.485. The standard InChI is InChI=1S/C25H26N2O5S/c1-5-32-25(29)20-7-6-8-21(14-20)26-24(28)19-11-10-17(3)23(15-19)33(30,31)27-22-12-9-16(2)13-18(22)4/h6-15,27H,5H2,1-4H3,(H,26,28). The van der Waals surface area contributed by atoms with Crippen molar-refractivity contribution in [3.8, 4) is 0 Å². The van der Waals surface area contributed by atoms with Gasteiger partial charge < -0.3 is 10.1 Å². The lowest BCUT2D eigenvalue weighted by Gasteiger charge is -2.14. The van der Waals surface area contributed by atoms with Crippen molar-refractivity contribution in [2.75, 3.05) is 16.6 Å². The zero-order valence-electron chi connectivity index (χ0n) is 18.9. The van der Waals surface area contributed by atoms with Gasteiger partial charge in [0.15, 0.2) is 0 Å². The smallest absolute Gasteiger partial charge is 0.338 e. The number of aryl methyl sites for hydroxylation is 3. The number of nitrogens with one attached hydrogen (secondary N) is 2. The number of rotatable bonds is 7. The van der Waals surface area contributed by atoms with E-state index in [1.807, 2.05) is 26.0 Å². The summed E-state index contributed by atoms with van der Waals surface area (Å²) in [6.45, 7) is 7.38. The zero-order chi connectivity index (χ0) is 24.2. The van der Waals surface area contributed by atoms with E-state index in [-0.39, 0.29) is 17.1 Å². The summed E-state index contributed by atoms with van der Waals surface area (Å²) in [7, 11) is -3.92. The van der Waals surface area contributed by atoms with Gasteiger partial charge in [0.25, 0.3) is 15.9 Å². The fourth-order valence-corrected chi connectivity index (χ4v) is 4.70. The lowest BCUT2D eigenvalue weighted by Crippen LogP contribution is -2.17. The molecule has 2 N–H and O–H groups in total. The van der Waals surface area contributed by atoms with Crippen LogP contribution in [0.5, 0.6) is 0 Å². The van der Waals surface area contributed by atoms with Crippen LogP contribution in [0.3, 0.4) is 0 Å². The van der Waals surface area contributed by atoms with Crippen molar-refractivity contribution in [2.45, 2.75) is 32.6 Å². The molecule has 0 atom stereocenters. The number of hydrogen-bond acceptors (Lipinski definition) is 5. The molecule has 0 radical (unpaired) electrons. The van der Waals surface area contributed by atoms with Crippen LogP contribution in [-0.4, -0.2) is 26.9 Å². The zero-order valence-corrected chi connectivity index (χ0v) is 19.7. The Bertz CT molecular complexity index is 1320. The van der Waals surface area contributed by atoms with E-state index < -0.39 is 21.9 Å². The first kappa shape index (κ1) is 24.0. The predicted octanol–water partition coefficient (Wildman–Crippen LogP) is 4.84. The molecule has 0 aliphatic heterocycles. The molecule has 0 spiro atoms. The molecule has 3 aromatic carbocycles. The largest absolute Gasteiger partial charge is 0.462 e. The van der Waals surface area contributed by atoms with Crippen LogP contribution in [0, 0.1) is 20.8 Å². The molecule has 0 saturated heterocycles. The molecule has 0 bridgehead atoms. The minimum absolute atomic E-state index is 0.00963. The van der Waals surface area contributed by atoms with Crippen LogP contribution in [0.4, 0.5) is 11.4 Å². The van der Waals surface area contributed by atoms with Crippen molar-refractivity contribution >= 4 is 33.3 Å². The van der Waals surface area contributed by atoms with E-state index in [0.717, 1.165) is 11.1 Å². The normalized spacial score (nSPS) is 11.0. The second kappa shape index (κ2) is 9.87. The Labute approximate surface area is 193 Å². The molecule has 0 heterocycles. The van der Waals surface area contributed by atoms with Crippen LogP contribution in [0.1, 0.15) is 44.3 Å². The van der Waals surface area contributed by atoms with Gasteiger partial charge in [0.2, 0.25) is 0 Å². The van der Waals surface area contributed by atoms with Gasteiger partial charge in [-0.05, 0) is 75.2 Å². The Hall–Kier alpha value is -3.65. The third-order valence-electron chi connectivity index (χ3n) is 5.00. The summed E-state index contributed by atoms with van der Waals surface area (Å²) >= 11 is 0. The lowest BCUT2D eigenvalue weighted by atomic mass is 10.1. The summed E-state index contributed by atoms with van der Waals surface area (Å²) in [4.78, 5) is 24.8. The van der Waals surface area contributed by atoms with Crippen molar-refractivity contribution in [1.29, 1.82) is 0 Å². The van der Waals surface area contributed by atoms with Crippen LogP contribution < -0.4 is 10.0 Å². The molecule has 0 fully saturated rings. The second-order valence-corrected chi connectivity index (χ2v) is 9.31. The molecule has 33 heavy (non-hydrogen) atoms. The molecule has 172 valence electrons. The Morgan fingerprint density at radius 1 is 0.879 bits per heavy atom. The number of ether oxygens (including phenoxy) is 1. The third kappa shape index (κ3) is 5.78. The van der Waals surface area contributed by atoms with Gasteiger partial charge in [0, 0.05) is 11.3 Å². The molecule has 0 aliphatic carbocycles. The van der Waals surface area contributed by atoms with Crippen LogP contribution in [-0.2, 0) is 14.8 Å². The molecular weight excluding hydrogens is 440 g/mol. The molecule has 0 aromatic heterocycles. The maximum atomic E-state index is 13.1. The number of hydrogen-bond donors (Lipinski definition) is 2. The molecule has 7 nitrogen and oxygen atoms in total. The van der Waals surface area contributed by atoms with Crippen molar-refractivity contribution < 1.29 is 22.7 Å². The van der Waals surface area contributed by atoms with Gasteiger partial charge in [-0.15, -0.1) is 0 Å². The van der Waals surface area contributed by atoms with Crippen LogP contribution in [0.2, 0.25) is 0 Å². The van der Waals surface area contributed by atoms with Gasteiger partial charge in [0.05, 0.1) is 22.8 Å². The third-order valence-corrected chi connectivity index (χ3v) is 6.51. The highest BCUT2D eigenvalue weighted by Gasteiger charge is 2.20. The van der Waals surface area contributed by atoms with Gasteiger partial charge in [0.1, 0.15) is 0 Å². The first-order valence-electron chi connectivity index (χ1n) is 10.4. The predicted molar refractivity (Wildman–Crippen MR) is 128 cm³/mol. The number of sulfonamides is 1. The summed E-state index contributed by atoms with van der Waals surface area (Å²) < 4.78 is 33.7. The van der Waals surface area contributed by atoms with E-state index in [0.29, 0.717) is 22.5 Å². The van der Waals surface area contributed by atoms with Gasteiger partial charge in [-0.1, -0.05) is 29.8 Å². The number of carbonyl (C=O) groups is 2. The molecule has 8 heteroatoms. The second-order valence-electron chi connectivity index (χ2n) is 7.66. The highest BCUT2D eigenvalue weighted by Crippen LogP contribution is 2.24. The van der Waals surface area contributed by atoms with Gasteiger partial charge >= 0.3 is 5.97 Å². The minimum atomic E-state index is -3.92. The summed E-state index contributed by atoms with van der Waals surface area (Å²) in [5, 5.41) is 2.70. The Morgan fingerprint density at radius 3 is 2.33 bits per heavy atom. The van der Waals surface area contributed by atoms with E-state index in [1.54, 1.807) is 50.2 Å². The van der Waals surface area contributed by atoms with E-state index in [9.17, 15) is 18.0 Å². The Balaban J connectivity index is 1.85. The van der Waals surface area contributed by atoms with Gasteiger partial charge in [-0.2, -0.15) is 0 Å². The summed E-state index contributed by atoms with van der Waals surface area (Å²) in [6, 6.07) is 16.2. The molecule has 3 aromatic rings. The van der Waals surface area contributed by atoms with E-state index in [2.05, 4.69) is 10.0 Å². The number of esters is 1. The fourth-order valence-electron chi connectivity index (χ4n) is 3.30. The maximum absolute atomic E-state index is 13.1. The first-order chi connectivity index (χ1) is 15.6. The number of amides is 1. The van der Waals surface area contributed by atoms with Crippen molar-refractivity contribution in [1.82, 2.24) is 0 Å². The van der Waals surface area contributed by atoms with Gasteiger partial charge in [-0.25, -0.2) is 13.2 Å². The van der Waals surface area contributed by atoms with Crippen LogP contribution in [0.15, 0.2) is 65.6 Å². The van der Waals surface area contributed by atoms with E-state index >= 15 is 0 Å². The Morgan fingerprint density at radius 2 is 1.64 bits per heavy atom. The Kier molecular flexibility index (Phi) is 7.18. The SMILES string of the molecule is CCOC(=O)c1cccc(NC(=O)c2ccc(C)c(S(=O)(=O)Nc3ccc(C)cc3C)c2)c1. The van der Waals surface area contributed by atoms with Crippen LogP contribution in [0.25, 0.3) is 0 Å². The highest BCUT2D eigenvalue weighted by atomic mass is 32.2. The van der Waals surface area contributed by atoms with Crippen molar-refractivity contribution in [3.05, 3.63) is 88.5 Å². The first-order valence-corrected chi connectivity index (χ1v) is 11.9. The average Bonchev–Trinajstić information content (AvgIpc) is 2.76. The van der Waals surface area contributed by atoms with Crippen LogP contribution >= 0.6 is 0 Å². The van der Waals surface area contributed by atoms with E-state index in [1.165, 1.54) is 12.1 Å². The maximum Gasteiger partial charge on any atom is 0.338 e. The summed E-state index contributed by atoms with van der Waals surface area (Å²) in [6.07, 6.45) is 0.